The summed E-state index contributed by atoms with van der Waals surface area (Å²) in [7, 11) is 0. The standard InChI is InChI=1S/C24H22N2O3/c27-23(25-15-17-29-18-16-25)21-13-7-8-14-22(21)24(28)26(19-9-3-1-4-10-19)20-11-5-2-6-12-20/h1-14H,15-18H2. The number of carbonyl (C=O) groups is 2. The van der Waals surface area contributed by atoms with E-state index >= 15 is 0 Å². The molecule has 0 bridgehead atoms. The zero-order valence-corrected chi connectivity index (χ0v) is 16.0. The van der Waals surface area contributed by atoms with Crippen LogP contribution in [0.5, 0.6) is 0 Å². The van der Waals surface area contributed by atoms with Crippen LogP contribution in [0.3, 0.4) is 0 Å². The number of benzene rings is 3. The first-order valence-corrected chi connectivity index (χ1v) is 9.66. The minimum atomic E-state index is -0.236. The third-order valence-electron chi connectivity index (χ3n) is 4.92. The van der Waals surface area contributed by atoms with Gasteiger partial charge in [0.1, 0.15) is 0 Å². The Kier molecular flexibility index (Phi) is 5.68. The smallest absolute Gasteiger partial charge is 0.263 e. The van der Waals surface area contributed by atoms with Crippen LogP contribution in [0.2, 0.25) is 0 Å². The molecule has 0 radical (unpaired) electrons. The zero-order valence-electron chi connectivity index (χ0n) is 16.0. The van der Waals surface area contributed by atoms with Crippen molar-refractivity contribution in [3.05, 3.63) is 96.1 Å². The number of rotatable bonds is 4. The third kappa shape index (κ3) is 4.05. The van der Waals surface area contributed by atoms with Crippen LogP contribution < -0.4 is 4.90 Å². The molecule has 5 nitrogen and oxygen atoms in total. The van der Waals surface area contributed by atoms with Crippen molar-refractivity contribution in [1.82, 2.24) is 4.90 Å². The Hall–Kier alpha value is -3.44. The number of anilines is 2. The molecule has 1 fully saturated rings. The van der Waals surface area contributed by atoms with Gasteiger partial charge in [-0.2, -0.15) is 0 Å². The highest BCUT2D eigenvalue weighted by Gasteiger charge is 2.27. The number of para-hydroxylation sites is 2. The van der Waals surface area contributed by atoms with Gasteiger partial charge in [-0.1, -0.05) is 48.5 Å². The van der Waals surface area contributed by atoms with Crippen molar-refractivity contribution < 1.29 is 14.3 Å². The number of carbonyl (C=O) groups excluding carboxylic acids is 2. The van der Waals surface area contributed by atoms with Gasteiger partial charge in [0, 0.05) is 24.5 Å². The Bertz CT molecular complexity index is 944. The minimum Gasteiger partial charge on any atom is -0.378 e. The van der Waals surface area contributed by atoms with E-state index in [0.717, 1.165) is 11.4 Å². The lowest BCUT2D eigenvalue weighted by Crippen LogP contribution is -2.41. The Morgan fingerprint density at radius 3 is 1.72 bits per heavy atom. The highest BCUT2D eigenvalue weighted by Crippen LogP contribution is 2.28. The number of nitrogens with zero attached hydrogens (tertiary/aromatic N) is 2. The van der Waals surface area contributed by atoms with Crippen molar-refractivity contribution in [1.29, 1.82) is 0 Å². The quantitative estimate of drug-likeness (QED) is 0.677. The van der Waals surface area contributed by atoms with Gasteiger partial charge in [-0.15, -0.1) is 0 Å². The SMILES string of the molecule is O=C(c1ccccc1C(=O)N(c1ccccc1)c1ccccc1)N1CCOCC1. The van der Waals surface area contributed by atoms with Gasteiger partial charge in [-0.05, 0) is 36.4 Å². The van der Waals surface area contributed by atoms with E-state index in [4.69, 9.17) is 4.74 Å². The molecule has 0 atom stereocenters. The first kappa shape index (κ1) is 18.9. The first-order valence-electron chi connectivity index (χ1n) is 9.66. The molecule has 146 valence electrons. The molecule has 3 aromatic carbocycles. The van der Waals surface area contributed by atoms with E-state index in [-0.39, 0.29) is 11.8 Å². The van der Waals surface area contributed by atoms with Crippen LogP contribution in [-0.4, -0.2) is 43.0 Å². The summed E-state index contributed by atoms with van der Waals surface area (Å²) < 4.78 is 5.35. The van der Waals surface area contributed by atoms with Crippen molar-refractivity contribution in [3.8, 4) is 0 Å². The summed E-state index contributed by atoms with van der Waals surface area (Å²) in [5.74, 6) is -0.377. The number of ether oxygens (including phenoxy) is 1. The molecule has 3 aromatic rings. The predicted octanol–water partition coefficient (Wildman–Crippen LogP) is 4.14. The summed E-state index contributed by atoms with van der Waals surface area (Å²) in [4.78, 5) is 30.2. The summed E-state index contributed by atoms with van der Waals surface area (Å²) in [6.45, 7) is 2.09. The monoisotopic (exact) mass is 386 g/mol. The molecule has 0 saturated carbocycles. The average Bonchev–Trinajstić information content (AvgIpc) is 2.81. The van der Waals surface area contributed by atoms with E-state index < -0.39 is 0 Å². The van der Waals surface area contributed by atoms with Crippen LogP contribution in [0.25, 0.3) is 0 Å². The second-order valence-electron chi connectivity index (χ2n) is 6.76. The average molecular weight is 386 g/mol. The molecule has 4 rings (SSSR count). The van der Waals surface area contributed by atoms with Gasteiger partial charge in [0.05, 0.1) is 24.3 Å². The molecule has 1 aliphatic heterocycles. The Labute approximate surface area is 170 Å². The van der Waals surface area contributed by atoms with Gasteiger partial charge < -0.3 is 9.64 Å². The highest BCUT2D eigenvalue weighted by molar-refractivity contribution is 6.16. The molecular formula is C24H22N2O3. The van der Waals surface area contributed by atoms with Gasteiger partial charge in [0.15, 0.2) is 0 Å². The Balaban J connectivity index is 1.75. The van der Waals surface area contributed by atoms with Crippen molar-refractivity contribution in [2.24, 2.45) is 0 Å². The normalized spacial score (nSPS) is 13.7. The second-order valence-corrected chi connectivity index (χ2v) is 6.76. The lowest BCUT2D eigenvalue weighted by Gasteiger charge is -2.28. The van der Waals surface area contributed by atoms with Gasteiger partial charge in [0.2, 0.25) is 0 Å². The van der Waals surface area contributed by atoms with Crippen molar-refractivity contribution in [3.63, 3.8) is 0 Å². The second kappa shape index (κ2) is 8.71. The predicted molar refractivity (Wildman–Crippen MR) is 113 cm³/mol. The molecule has 0 spiro atoms. The maximum atomic E-state index is 13.7. The van der Waals surface area contributed by atoms with Crippen molar-refractivity contribution in [2.45, 2.75) is 0 Å². The molecule has 0 unspecified atom stereocenters. The number of hydrogen-bond donors (Lipinski definition) is 0. The summed E-state index contributed by atoms with van der Waals surface area (Å²) in [6.07, 6.45) is 0. The van der Waals surface area contributed by atoms with Gasteiger partial charge in [-0.3, -0.25) is 14.5 Å². The van der Waals surface area contributed by atoms with Crippen LogP contribution in [0.1, 0.15) is 20.7 Å². The van der Waals surface area contributed by atoms with Crippen LogP contribution in [0.15, 0.2) is 84.9 Å². The zero-order chi connectivity index (χ0) is 20.1. The van der Waals surface area contributed by atoms with Crippen molar-refractivity contribution >= 4 is 23.2 Å². The Morgan fingerprint density at radius 2 is 1.17 bits per heavy atom. The molecule has 29 heavy (non-hydrogen) atoms. The topological polar surface area (TPSA) is 49.9 Å². The molecule has 2 amide bonds. The minimum absolute atomic E-state index is 0.140. The van der Waals surface area contributed by atoms with Gasteiger partial charge in [-0.25, -0.2) is 0 Å². The van der Waals surface area contributed by atoms with Crippen LogP contribution in [0.4, 0.5) is 11.4 Å². The number of morpholine rings is 1. The third-order valence-corrected chi connectivity index (χ3v) is 4.92. The van der Waals surface area contributed by atoms with E-state index in [1.807, 2.05) is 60.7 Å². The molecule has 1 heterocycles. The number of amides is 2. The lowest BCUT2D eigenvalue weighted by atomic mass is 10.0. The highest BCUT2D eigenvalue weighted by atomic mass is 16.5. The van der Waals surface area contributed by atoms with Gasteiger partial charge in [0.25, 0.3) is 11.8 Å². The van der Waals surface area contributed by atoms with E-state index in [2.05, 4.69) is 0 Å². The van der Waals surface area contributed by atoms with Crippen LogP contribution in [0, 0.1) is 0 Å². The molecule has 0 aromatic heterocycles. The summed E-state index contributed by atoms with van der Waals surface area (Å²) in [5, 5.41) is 0. The molecule has 1 saturated heterocycles. The fraction of sp³-hybridized carbons (Fsp3) is 0.167. The summed E-state index contributed by atoms with van der Waals surface area (Å²) >= 11 is 0. The van der Waals surface area contributed by atoms with Crippen molar-refractivity contribution in [2.75, 3.05) is 31.2 Å². The summed E-state index contributed by atoms with van der Waals surface area (Å²) in [6, 6.07) is 26.0. The van der Waals surface area contributed by atoms with E-state index in [1.54, 1.807) is 34.1 Å². The molecule has 0 N–H and O–H groups in total. The largest absolute Gasteiger partial charge is 0.378 e. The Morgan fingerprint density at radius 1 is 0.690 bits per heavy atom. The fourth-order valence-electron chi connectivity index (χ4n) is 3.45. The first-order chi connectivity index (χ1) is 14.3. The molecular weight excluding hydrogens is 364 g/mol. The number of hydrogen-bond acceptors (Lipinski definition) is 3. The van der Waals surface area contributed by atoms with Gasteiger partial charge >= 0.3 is 0 Å². The summed E-state index contributed by atoms with van der Waals surface area (Å²) in [5.41, 5.74) is 2.29. The maximum Gasteiger partial charge on any atom is 0.263 e. The fourth-order valence-corrected chi connectivity index (χ4v) is 3.45. The van der Waals surface area contributed by atoms with E-state index in [0.29, 0.717) is 37.4 Å². The molecule has 0 aliphatic carbocycles. The van der Waals surface area contributed by atoms with Crippen LogP contribution in [-0.2, 0) is 4.74 Å². The van der Waals surface area contributed by atoms with Crippen LogP contribution >= 0.6 is 0 Å². The van der Waals surface area contributed by atoms with E-state index in [1.165, 1.54) is 0 Å². The lowest BCUT2D eigenvalue weighted by molar-refractivity contribution is 0.0302. The molecule has 5 heteroatoms. The maximum absolute atomic E-state index is 13.7. The molecule has 1 aliphatic rings. The van der Waals surface area contributed by atoms with E-state index in [9.17, 15) is 9.59 Å².